The fraction of sp³-hybridized carbons (Fsp3) is 0.538. The lowest BCUT2D eigenvalue weighted by atomic mass is 10.1. The van der Waals surface area contributed by atoms with E-state index < -0.39 is 10.7 Å². The van der Waals surface area contributed by atoms with Crippen molar-refractivity contribution in [3.05, 3.63) is 28.1 Å². The molecule has 6 nitrogen and oxygen atoms in total. The molecule has 1 aromatic rings. The van der Waals surface area contributed by atoms with Crippen LogP contribution in [0.4, 0.5) is 15.8 Å². The maximum absolute atomic E-state index is 14.1. The van der Waals surface area contributed by atoms with E-state index in [-0.39, 0.29) is 23.2 Å². The van der Waals surface area contributed by atoms with Gasteiger partial charge in [0, 0.05) is 25.7 Å². The molecule has 1 atom stereocenters. The lowest BCUT2D eigenvalue weighted by Crippen LogP contribution is -2.40. The number of nitrogens with two attached hydrogens (primary N) is 1. The fourth-order valence-corrected chi connectivity index (χ4v) is 2.44. The van der Waals surface area contributed by atoms with Crippen molar-refractivity contribution in [1.82, 2.24) is 0 Å². The Morgan fingerprint density at radius 2 is 2.25 bits per heavy atom. The highest BCUT2D eigenvalue weighted by Gasteiger charge is 2.34. The van der Waals surface area contributed by atoms with E-state index in [1.54, 1.807) is 11.9 Å². The Labute approximate surface area is 116 Å². The number of methoxy groups -OCH3 is 1. The quantitative estimate of drug-likeness (QED) is 0.637. The Kier molecular flexibility index (Phi) is 4.08. The number of likely N-dealkylation sites (N-methyl/N-ethyl adjacent to an activating group) is 1. The monoisotopic (exact) mass is 283 g/mol. The molecule has 0 radical (unpaired) electrons. The van der Waals surface area contributed by atoms with Gasteiger partial charge in [-0.05, 0) is 18.8 Å². The van der Waals surface area contributed by atoms with Gasteiger partial charge in [0.15, 0.2) is 11.6 Å². The fourth-order valence-electron chi connectivity index (χ4n) is 2.44. The molecule has 0 spiro atoms. The summed E-state index contributed by atoms with van der Waals surface area (Å²) in [5.41, 5.74) is 5.64. The van der Waals surface area contributed by atoms with Crippen molar-refractivity contribution in [2.45, 2.75) is 18.9 Å². The molecule has 7 heteroatoms. The standard InChI is InChI=1S/C13H18FN3O3/c1-16(12(7-15)8-3-4-8)10-6-13(20-2)11(17(18)19)5-9(10)14/h5-6,8,12H,3-4,7,15H2,1-2H3. The molecule has 20 heavy (non-hydrogen) atoms. The molecular formula is C13H18FN3O3. The predicted octanol–water partition coefficient (Wildman–Crippen LogP) is 1.92. The van der Waals surface area contributed by atoms with E-state index in [1.165, 1.54) is 13.2 Å². The van der Waals surface area contributed by atoms with Crippen LogP contribution in [0.5, 0.6) is 5.75 Å². The third-order valence-electron chi connectivity index (χ3n) is 3.73. The SMILES string of the molecule is COc1cc(N(C)C(CN)C2CC2)c(F)cc1[N+](=O)[O-]. The topological polar surface area (TPSA) is 81.6 Å². The number of hydrogen-bond donors (Lipinski definition) is 1. The van der Waals surface area contributed by atoms with E-state index in [2.05, 4.69) is 0 Å². The summed E-state index contributed by atoms with van der Waals surface area (Å²) in [6.07, 6.45) is 2.16. The minimum Gasteiger partial charge on any atom is -0.490 e. The average molecular weight is 283 g/mol. The van der Waals surface area contributed by atoms with Crippen LogP contribution in [0.2, 0.25) is 0 Å². The molecule has 0 aromatic heterocycles. The first kappa shape index (κ1) is 14.5. The Balaban J connectivity index is 2.38. The summed E-state index contributed by atoms with van der Waals surface area (Å²) in [6.45, 7) is 0.417. The second-order valence-corrected chi connectivity index (χ2v) is 4.98. The Morgan fingerprint density at radius 1 is 1.60 bits per heavy atom. The van der Waals surface area contributed by atoms with Crippen molar-refractivity contribution in [3.8, 4) is 5.75 Å². The van der Waals surface area contributed by atoms with Crippen molar-refractivity contribution in [3.63, 3.8) is 0 Å². The van der Waals surface area contributed by atoms with Crippen molar-refractivity contribution >= 4 is 11.4 Å². The van der Waals surface area contributed by atoms with Gasteiger partial charge in [-0.3, -0.25) is 10.1 Å². The largest absolute Gasteiger partial charge is 0.490 e. The Morgan fingerprint density at radius 3 is 2.70 bits per heavy atom. The van der Waals surface area contributed by atoms with E-state index in [0.717, 1.165) is 18.9 Å². The molecule has 1 aliphatic carbocycles. The van der Waals surface area contributed by atoms with Gasteiger partial charge in [0.05, 0.1) is 23.8 Å². The number of hydrogen-bond acceptors (Lipinski definition) is 5. The van der Waals surface area contributed by atoms with Crippen LogP contribution in [0.25, 0.3) is 0 Å². The second-order valence-electron chi connectivity index (χ2n) is 4.98. The first-order chi connectivity index (χ1) is 9.49. The van der Waals surface area contributed by atoms with Crippen LogP contribution >= 0.6 is 0 Å². The van der Waals surface area contributed by atoms with Gasteiger partial charge in [0.2, 0.25) is 0 Å². The lowest BCUT2D eigenvalue weighted by molar-refractivity contribution is -0.385. The zero-order valence-corrected chi connectivity index (χ0v) is 11.5. The summed E-state index contributed by atoms with van der Waals surface area (Å²) in [5.74, 6) is -0.130. The molecule has 1 saturated carbocycles. The van der Waals surface area contributed by atoms with E-state index >= 15 is 0 Å². The molecule has 0 aliphatic heterocycles. The van der Waals surface area contributed by atoms with Gasteiger partial charge in [-0.25, -0.2) is 4.39 Å². The number of nitro benzene ring substituents is 1. The summed E-state index contributed by atoms with van der Waals surface area (Å²) >= 11 is 0. The number of anilines is 1. The van der Waals surface area contributed by atoms with Crippen LogP contribution in [0.15, 0.2) is 12.1 Å². The van der Waals surface area contributed by atoms with E-state index in [0.29, 0.717) is 12.5 Å². The predicted molar refractivity (Wildman–Crippen MR) is 73.6 cm³/mol. The van der Waals surface area contributed by atoms with Crippen LogP contribution in [0, 0.1) is 21.8 Å². The number of rotatable bonds is 6. The van der Waals surface area contributed by atoms with Gasteiger partial charge in [0.1, 0.15) is 0 Å². The maximum Gasteiger partial charge on any atom is 0.313 e. The second kappa shape index (κ2) is 5.62. The highest BCUT2D eigenvalue weighted by molar-refractivity contribution is 5.60. The van der Waals surface area contributed by atoms with Crippen molar-refractivity contribution < 1.29 is 14.1 Å². The number of nitro groups is 1. The van der Waals surface area contributed by atoms with Crippen molar-refractivity contribution in [2.75, 3.05) is 25.6 Å². The van der Waals surface area contributed by atoms with Gasteiger partial charge in [-0.2, -0.15) is 0 Å². The van der Waals surface area contributed by atoms with Gasteiger partial charge in [-0.15, -0.1) is 0 Å². The highest BCUT2D eigenvalue weighted by Crippen LogP contribution is 2.39. The van der Waals surface area contributed by atoms with E-state index in [4.69, 9.17) is 10.5 Å². The molecule has 0 amide bonds. The van der Waals surface area contributed by atoms with Crippen LogP contribution < -0.4 is 15.4 Å². The zero-order valence-electron chi connectivity index (χ0n) is 11.5. The first-order valence-electron chi connectivity index (χ1n) is 6.44. The molecule has 2 rings (SSSR count). The summed E-state index contributed by atoms with van der Waals surface area (Å²) in [5, 5.41) is 10.8. The van der Waals surface area contributed by atoms with Crippen LogP contribution in [-0.4, -0.2) is 31.7 Å². The molecule has 1 fully saturated rings. The Bertz CT molecular complexity index is 520. The average Bonchev–Trinajstić information content (AvgIpc) is 3.23. The van der Waals surface area contributed by atoms with E-state index in [1.807, 2.05) is 0 Å². The normalized spacial score (nSPS) is 15.8. The molecule has 0 saturated heterocycles. The Hall–Kier alpha value is -1.89. The van der Waals surface area contributed by atoms with Crippen LogP contribution in [0.3, 0.4) is 0 Å². The number of benzene rings is 1. The molecule has 110 valence electrons. The third kappa shape index (κ3) is 2.67. The molecular weight excluding hydrogens is 265 g/mol. The number of nitrogens with zero attached hydrogens (tertiary/aromatic N) is 2. The molecule has 0 heterocycles. The third-order valence-corrected chi connectivity index (χ3v) is 3.73. The van der Waals surface area contributed by atoms with Crippen molar-refractivity contribution in [1.29, 1.82) is 0 Å². The van der Waals surface area contributed by atoms with E-state index in [9.17, 15) is 14.5 Å². The first-order valence-corrected chi connectivity index (χ1v) is 6.44. The maximum atomic E-state index is 14.1. The summed E-state index contributed by atoms with van der Waals surface area (Å²) in [4.78, 5) is 11.9. The van der Waals surface area contributed by atoms with Gasteiger partial charge >= 0.3 is 5.69 Å². The summed E-state index contributed by atoms with van der Waals surface area (Å²) in [6, 6.07) is 2.29. The van der Waals surface area contributed by atoms with Crippen molar-refractivity contribution in [2.24, 2.45) is 11.7 Å². The minimum atomic E-state index is -0.660. The molecule has 1 aromatic carbocycles. The van der Waals surface area contributed by atoms with Gasteiger partial charge in [-0.1, -0.05) is 0 Å². The van der Waals surface area contributed by atoms with Gasteiger partial charge < -0.3 is 15.4 Å². The molecule has 1 aliphatic rings. The number of ether oxygens (including phenoxy) is 1. The van der Waals surface area contributed by atoms with Crippen LogP contribution in [0.1, 0.15) is 12.8 Å². The summed E-state index contributed by atoms with van der Waals surface area (Å²) < 4.78 is 19.1. The molecule has 0 bridgehead atoms. The summed E-state index contributed by atoms with van der Waals surface area (Å²) in [7, 11) is 3.07. The number of halogens is 1. The zero-order chi connectivity index (χ0) is 14.9. The minimum absolute atomic E-state index is 0.0377. The lowest BCUT2D eigenvalue weighted by Gasteiger charge is -2.29. The molecule has 1 unspecified atom stereocenters. The highest BCUT2D eigenvalue weighted by atomic mass is 19.1. The smallest absolute Gasteiger partial charge is 0.313 e. The molecule has 2 N–H and O–H groups in total. The van der Waals surface area contributed by atoms with Crippen LogP contribution in [-0.2, 0) is 0 Å². The van der Waals surface area contributed by atoms with Gasteiger partial charge in [0.25, 0.3) is 0 Å².